The fourth-order valence-electron chi connectivity index (χ4n) is 11.7. The van der Waals surface area contributed by atoms with Crippen LogP contribution in [-0.4, -0.2) is 53.2 Å². The minimum absolute atomic E-state index is 0.133. The van der Waals surface area contributed by atoms with Gasteiger partial charge in [-0.2, -0.15) is 0 Å². The second-order valence-corrected chi connectivity index (χ2v) is 26.1. The topological polar surface area (TPSA) is 64.6 Å². The van der Waals surface area contributed by atoms with Gasteiger partial charge < -0.3 is 33.2 Å². The van der Waals surface area contributed by atoms with E-state index in [-0.39, 0.29) is 13.6 Å². The van der Waals surface area contributed by atoms with E-state index in [9.17, 15) is 0 Å². The molecule has 0 saturated carbocycles. The molecular formula is C78H154O7. The monoisotopic (exact) mass is 1200 g/mol. The first-order valence-corrected chi connectivity index (χ1v) is 38.9. The van der Waals surface area contributed by atoms with Crippen LogP contribution in [0.5, 0.6) is 0 Å². The molecule has 0 unspecified atom stereocenters. The van der Waals surface area contributed by atoms with E-state index in [4.69, 9.17) is 33.2 Å². The van der Waals surface area contributed by atoms with Crippen LogP contribution in [0, 0.1) is 0 Å². The number of hydrogen-bond donors (Lipinski definition) is 0. The molecule has 0 spiro atoms. The van der Waals surface area contributed by atoms with Crippen LogP contribution in [0.4, 0.5) is 0 Å². The molecule has 0 bridgehead atoms. The first kappa shape index (κ1) is 83.6. The van der Waals surface area contributed by atoms with Crippen molar-refractivity contribution in [3.8, 4) is 0 Å². The molecular weight excluding hydrogens is 1050 g/mol. The van der Waals surface area contributed by atoms with Crippen LogP contribution < -0.4 is 0 Å². The van der Waals surface area contributed by atoms with Gasteiger partial charge in [0, 0.05) is 12.8 Å². The zero-order valence-corrected chi connectivity index (χ0v) is 58.9. The summed E-state index contributed by atoms with van der Waals surface area (Å²) in [5.74, 6) is 3.76. The largest absolute Gasteiger partial charge is 0.494 e. The fourth-order valence-corrected chi connectivity index (χ4v) is 11.7. The van der Waals surface area contributed by atoms with E-state index in [1.165, 1.54) is 334 Å². The molecule has 0 amide bonds. The van der Waals surface area contributed by atoms with Gasteiger partial charge >= 0.3 is 0 Å². The van der Waals surface area contributed by atoms with E-state index in [1.54, 1.807) is 0 Å². The molecule has 0 saturated heterocycles. The van der Waals surface area contributed by atoms with Gasteiger partial charge in [-0.1, -0.05) is 375 Å². The lowest BCUT2D eigenvalue weighted by Gasteiger charge is -2.19. The fraction of sp³-hybridized carbons (Fsp3) is 0.949. The predicted molar refractivity (Wildman–Crippen MR) is 372 cm³/mol. The summed E-state index contributed by atoms with van der Waals surface area (Å²) < 4.78 is 45.6. The Morgan fingerprint density at radius 2 is 0.329 bits per heavy atom. The minimum Gasteiger partial charge on any atom is -0.494 e. The molecule has 0 aromatic carbocycles. The predicted octanol–water partition coefficient (Wildman–Crippen LogP) is 27.0. The zero-order chi connectivity index (χ0) is 61.3. The second kappa shape index (κ2) is 75.0. The second-order valence-electron chi connectivity index (χ2n) is 26.1. The number of rotatable bonds is 76. The van der Waals surface area contributed by atoms with Crippen LogP contribution in [0.1, 0.15) is 427 Å². The molecule has 0 radical (unpaired) electrons. The van der Waals surface area contributed by atoms with Crippen molar-refractivity contribution in [1.82, 2.24) is 0 Å². The van der Waals surface area contributed by atoms with Crippen LogP contribution in [0.2, 0.25) is 0 Å². The number of unbranched alkanes of at least 4 members (excludes halogenated alkanes) is 52. The number of ether oxygens (including phenoxy) is 7. The number of hydrogen-bond acceptors (Lipinski definition) is 7. The third kappa shape index (κ3) is 65.3. The summed E-state index contributed by atoms with van der Waals surface area (Å²) in [7, 11) is 0. The molecule has 0 atom stereocenters. The molecule has 0 aliphatic heterocycles. The van der Waals surface area contributed by atoms with Gasteiger partial charge in [-0.3, -0.25) is 0 Å². The van der Waals surface area contributed by atoms with Crippen LogP contribution >= 0.6 is 0 Å². The van der Waals surface area contributed by atoms with Gasteiger partial charge in [0.15, 0.2) is 11.5 Å². The Morgan fingerprint density at radius 3 is 0.529 bits per heavy atom. The molecule has 0 fully saturated rings. The third-order valence-electron chi connectivity index (χ3n) is 17.5. The average Bonchev–Trinajstić information content (AvgIpc) is 3.57. The molecule has 85 heavy (non-hydrogen) atoms. The van der Waals surface area contributed by atoms with Crippen molar-refractivity contribution in [3.05, 3.63) is 23.0 Å². The van der Waals surface area contributed by atoms with Gasteiger partial charge in [-0.25, -0.2) is 0 Å². The molecule has 0 aliphatic rings. The Bertz CT molecular complexity index is 1200. The van der Waals surface area contributed by atoms with Crippen molar-refractivity contribution < 1.29 is 33.2 Å². The molecule has 0 aliphatic carbocycles. The van der Waals surface area contributed by atoms with Crippen LogP contribution in [0.15, 0.2) is 23.0 Å². The summed E-state index contributed by atoms with van der Waals surface area (Å²) in [5.41, 5.74) is 0. The first-order valence-electron chi connectivity index (χ1n) is 38.9. The quantitative estimate of drug-likeness (QED) is 0.0341. The molecule has 7 nitrogen and oxygen atoms in total. The van der Waals surface area contributed by atoms with Crippen molar-refractivity contribution in [1.29, 1.82) is 0 Å². The van der Waals surface area contributed by atoms with Crippen molar-refractivity contribution >= 4 is 0 Å². The van der Waals surface area contributed by atoms with Crippen molar-refractivity contribution in [2.24, 2.45) is 0 Å². The van der Waals surface area contributed by atoms with Gasteiger partial charge in [0.1, 0.15) is 38.3 Å². The minimum atomic E-state index is 0.133. The SMILES string of the molecule is CCCCCCCCCCCCCCCC(OCCCCCCCCCC)=C(COCOCOCC(OCCCCCCCCCC)=C(CCCCCCCCCCCCCCC)OCCCCCCCCCC)OCCCCCCCCCC. The Hall–Kier alpha value is -1.44. The Kier molecular flexibility index (Phi) is 73.8. The lowest BCUT2D eigenvalue weighted by Crippen LogP contribution is -2.14. The number of allylic oxidation sites excluding steroid dienone is 2. The van der Waals surface area contributed by atoms with Crippen LogP contribution in [0.25, 0.3) is 0 Å². The van der Waals surface area contributed by atoms with E-state index in [1.807, 2.05) is 0 Å². The van der Waals surface area contributed by atoms with E-state index >= 15 is 0 Å². The van der Waals surface area contributed by atoms with Crippen molar-refractivity contribution in [3.63, 3.8) is 0 Å². The summed E-state index contributed by atoms with van der Waals surface area (Å²) in [6, 6.07) is 0. The van der Waals surface area contributed by atoms with Crippen molar-refractivity contribution in [2.75, 3.05) is 53.2 Å². The van der Waals surface area contributed by atoms with Gasteiger partial charge in [0.05, 0.1) is 26.4 Å². The summed E-state index contributed by atoms with van der Waals surface area (Å²) in [6.45, 7) is 17.7. The highest BCUT2D eigenvalue weighted by atomic mass is 16.7. The highest BCUT2D eigenvalue weighted by molar-refractivity contribution is 5.03. The highest BCUT2D eigenvalue weighted by Gasteiger charge is 2.15. The Labute approximate surface area is 533 Å². The Morgan fingerprint density at radius 1 is 0.165 bits per heavy atom. The first-order chi connectivity index (χ1) is 42.2. The lowest BCUT2D eigenvalue weighted by atomic mass is 10.0. The average molecular weight is 1200 g/mol. The van der Waals surface area contributed by atoms with Gasteiger partial charge in [0.25, 0.3) is 0 Å². The van der Waals surface area contributed by atoms with E-state index < -0.39 is 0 Å². The molecule has 0 heterocycles. The maximum absolute atomic E-state index is 6.73. The van der Waals surface area contributed by atoms with Crippen LogP contribution in [-0.2, 0) is 33.2 Å². The highest BCUT2D eigenvalue weighted by Crippen LogP contribution is 2.24. The summed E-state index contributed by atoms with van der Waals surface area (Å²) in [6.07, 6.45) is 78.2. The summed E-state index contributed by atoms with van der Waals surface area (Å²) >= 11 is 0. The normalized spacial score (nSPS) is 12.3. The van der Waals surface area contributed by atoms with Gasteiger partial charge in [0.2, 0.25) is 0 Å². The maximum Gasteiger partial charge on any atom is 0.159 e. The van der Waals surface area contributed by atoms with E-state index in [0.717, 1.165) is 87.6 Å². The summed E-state index contributed by atoms with van der Waals surface area (Å²) in [5, 5.41) is 0. The smallest absolute Gasteiger partial charge is 0.159 e. The third-order valence-corrected chi connectivity index (χ3v) is 17.5. The Balaban J connectivity index is 5.95. The van der Waals surface area contributed by atoms with E-state index in [0.29, 0.717) is 26.4 Å². The molecule has 508 valence electrons. The van der Waals surface area contributed by atoms with E-state index in [2.05, 4.69) is 41.5 Å². The zero-order valence-electron chi connectivity index (χ0n) is 58.9. The summed E-state index contributed by atoms with van der Waals surface area (Å²) in [4.78, 5) is 0. The van der Waals surface area contributed by atoms with Crippen molar-refractivity contribution in [2.45, 2.75) is 427 Å². The molecule has 0 N–H and O–H groups in total. The van der Waals surface area contributed by atoms with Gasteiger partial charge in [-0.15, -0.1) is 0 Å². The lowest BCUT2D eigenvalue weighted by molar-refractivity contribution is -0.132. The molecule has 0 aromatic heterocycles. The standard InChI is InChI=1S/C78H154O7/c1-7-13-19-25-31-37-39-41-43-45-47-53-59-65-75(82-67-61-55-49-33-27-21-15-9-3)77(84-69-63-57-51-35-29-23-17-11-5)71-79-73-81-74-80-72-78(85-70-64-58-52-36-30-24-18-12-6)76(83-68-62-56-50-34-28-22-16-10-4)66-60-54-48-46-44-42-40-38-32-26-20-14-8-2/h7-74H2,1-6H3. The molecule has 0 rings (SSSR count). The molecule has 7 heteroatoms. The maximum atomic E-state index is 6.73. The molecule has 0 aromatic rings. The van der Waals surface area contributed by atoms with Crippen LogP contribution in [0.3, 0.4) is 0 Å². The van der Waals surface area contributed by atoms with Gasteiger partial charge in [-0.05, 0) is 38.5 Å².